The summed E-state index contributed by atoms with van der Waals surface area (Å²) in [6, 6.07) is 6.50. The van der Waals surface area contributed by atoms with E-state index < -0.39 is 30.3 Å². The molecule has 0 aromatic heterocycles. The van der Waals surface area contributed by atoms with E-state index in [9.17, 15) is 14.4 Å². The summed E-state index contributed by atoms with van der Waals surface area (Å²) in [5.41, 5.74) is 3.17. The van der Waals surface area contributed by atoms with Crippen LogP contribution in [0.3, 0.4) is 0 Å². The van der Waals surface area contributed by atoms with Crippen molar-refractivity contribution in [3.63, 3.8) is 0 Å². The van der Waals surface area contributed by atoms with Crippen LogP contribution >= 0.6 is 0 Å². The van der Waals surface area contributed by atoms with Gasteiger partial charge in [-0.2, -0.15) is 5.10 Å². The molecule has 144 valence electrons. The highest BCUT2D eigenvalue weighted by molar-refractivity contribution is 5.89. The van der Waals surface area contributed by atoms with Gasteiger partial charge in [-0.05, 0) is 36.2 Å². The van der Waals surface area contributed by atoms with Crippen LogP contribution in [0.15, 0.2) is 29.4 Å². The molecule has 10 nitrogen and oxygen atoms in total. The number of urea groups is 2. The van der Waals surface area contributed by atoms with Gasteiger partial charge in [-0.15, -0.1) is 0 Å². The minimum absolute atomic E-state index is 0.226. The second kappa shape index (κ2) is 8.39. The average molecular weight is 374 g/mol. The Morgan fingerprint density at radius 3 is 2.78 bits per heavy atom. The van der Waals surface area contributed by atoms with Crippen LogP contribution in [-0.4, -0.2) is 54.6 Å². The van der Waals surface area contributed by atoms with Gasteiger partial charge < -0.3 is 20.7 Å². The van der Waals surface area contributed by atoms with Crippen molar-refractivity contribution < 1.29 is 19.1 Å². The van der Waals surface area contributed by atoms with Crippen molar-refractivity contribution in [1.82, 2.24) is 26.3 Å². The summed E-state index contributed by atoms with van der Waals surface area (Å²) in [5, 5.41) is 11.6. The lowest BCUT2D eigenvalue weighted by Crippen LogP contribution is -2.47. The van der Waals surface area contributed by atoms with Gasteiger partial charge in [-0.1, -0.05) is 13.3 Å². The van der Waals surface area contributed by atoms with Gasteiger partial charge in [0.1, 0.15) is 24.6 Å². The normalized spacial score (nSPS) is 20.9. The largest absolute Gasteiger partial charge is 0.494 e. The second-order valence-electron chi connectivity index (χ2n) is 6.18. The number of carbonyl (C=O) groups excluding carboxylic acids is 3. The van der Waals surface area contributed by atoms with Crippen molar-refractivity contribution in [2.45, 2.75) is 32.1 Å². The number of hydrogen-bond donors (Lipinski definition) is 4. The Morgan fingerprint density at radius 1 is 1.26 bits per heavy atom. The molecule has 5 amide bonds. The van der Waals surface area contributed by atoms with E-state index in [4.69, 9.17) is 4.74 Å². The number of rotatable bonds is 8. The molecule has 2 aliphatic rings. The quantitative estimate of drug-likeness (QED) is 0.297. The smallest absolute Gasteiger partial charge is 0.321 e. The highest BCUT2D eigenvalue weighted by atomic mass is 16.5. The maximum absolute atomic E-state index is 12.0. The third kappa shape index (κ3) is 4.66. The molecule has 3 rings (SSSR count). The maximum Gasteiger partial charge on any atom is 0.321 e. The molecular weight excluding hydrogens is 352 g/mol. The first-order valence-electron chi connectivity index (χ1n) is 8.76. The van der Waals surface area contributed by atoms with Crippen LogP contribution < -0.4 is 26.1 Å². The number of unbranched alkanes of at least 4 members (excludes halogenated alkanes) is 1. The van der Waals surface area contributed by atoms with Crippen LogP contribution in [0.5, 0.6) is 5.75 Å². The molecule has 1 aromatic carbocycles. The number of hydrogen-bond acceptors (Lipinski definition) is 5. The minimum Gasteiger partial charge on any atom is -0.494 e. The summed E-state index contributed by atoms with van der Waals surface area (Å²) in [4.78, 5) is 36.4. The summed E-state index contributed by atoms with van der Waals surface area (Å²) in [6.45, 7) is 2.56. The molecule has 0 spiro atoms. The lowest BCUT2D eigenvalue weighted by Gasteiger charge is -2.19. The summed E-state index contributed by atoms with van der Waals surface area (Å²) >= 11 is 0. The van der Waals surface area contributed by atoms with Crippen molar-refractivity contribution in [1.29, 1.82) is 0 Å². The molecule has 27 heavy (non-hydrogen) atoms. The molecule has 2 heterocycles. The molecule has 0 unspecified atom stereocenters. The molecule has 0 bridgehead atoms. The Bertz CT molecular complexity index is 735. The highest BCUT2D eigenvalue weighted by Crippen LogP contribution is 2.13. The number of amides is 5. The van der Waals surface area contributed by atoms with Crippen molar-refractivity contribution in [3.8, 4) is 5.75 Å². The molecule has 0 radical (unpaired) electrons. The lowest BCUT2D eigenvalue weighted by atomic mass is 10.2. The number of benzene rings is 1. The van der Waals surface area contributed by atoms with Gasteiger partial charge in [-0.25, -0.2) is 15.0 Å². The first-order valence-corrected chi connectivity index (χ1v) is 8.76. The van der Waals surface area contributed by atoms with Gasteiger partial charge in [-0.3, -0.25) is 9.69 Å². The van der Waals surface area contributed by atoms with Crippen LogP contribution in [0.25, 0.3) is 0 Å². The Labute approximate surface area is 156 Å². The number of nitrogens with one attached hydrogen (secondary N) is 4. The van der Waals surface area contributed by atoms with E-state index in [0.29, 0.717) is 6.61 Å². The molecule has 2 fully saturated rings. The Balaban J connectivity index is 1.46. The van der Waals surface area contributed by atoms with E-state index in [2.05, 4.69) is 33.4 Å². The fraction of sp³-hybridized carbons (Fsp3) is 0.412. The standard InChI is InChI=1S/C17H22N6O4/c1-2-3-8-27-12-6-4-11(5-7-12)9-18-22-13(24)10-23-15-14(20-17(23)26)19-16(25)21-15/h4-7,9,14-15H,2-3,8,10H2,1H3,(H,20,26)(H,22,24)(H2,19,21,25)/b18-9-/t14-,15+/m1/s1. The monoisotopic (exact) mass is 374 g/mol. The van der Waals surface area contributed by atoms with E-state index in [0.717, 1.165) is 24.2 Å². The fourth-order valence-corrected chi connectivity index (χ4v) is 2.72. The second-order valence-corrected chi connectivity index (χ2v) is 6.18. The number of ether oxygens (including phenoxy) is 1. The van der Waals surface area contributed by atoms with Gasteiger partial charge in [0.2, 0.25) is 0 Å². The summed E-state index contributed by atoms with van der Waals surface area (Å²) in [5.74, 6) is 0.314. The van der Waals surface area contributed by atoms with Crippen LogP contribution in [0.2, 0.25) is 0 Å². The van der Waals surface area contributed by atoms with E-state index in [1.165, 1.54) is 11.1 Å². The highest BCUT2D eigenvalue weighted by Gasteiger charge is 2.45. The summed E-state index contributed by atoms with van der Waals surface area (Å²) in [7, 11) is 0. The molecule has 2 aliphatic heterocycles. The van der Waals surface area contributed by atoms with Crippen molar-refractivity contribution in [2.75, 3.05) is 13.2 Å². The van der Waals surface area contributed by atoms with Gasteiger partial charge in [0.25, 0.3) is 5.91 Å². The number of carbonyl (C=O) groups is 3. The van der Waals surface area contributed by atoms with E-state index >= 15 is 0 Å². The summed E-state index contributed by atoms with van der Waals surface area (Å²) < 4.78 is 5.58. The van der Waals surface area contributed by atoms with Gasteiger partial charge in [0.15, 0.2) is 0 Å². The van der Waals surface area contributed by atoms with E-state index in [1.54, 1.807) is 0 Å². The molecule has 2 saturated heterocycles. The van der Waals surface area contributed by atoms with Crippen LogP contribution in [0.4, 0.5) is 9.59 Å². The molecule has 0 aliphatic carbocycles. The van der Waals surface area contributed by atoms with E-state index in [-0.39, 0.29) is 6.54 Å². The topological polar surface area (TPSA) is 124 Å². The minimum atomic E-state index is -0.597. The Kier molecular flexibility index (Phi) is 5.74. The van der Waals surface area contributed by atoms with Gasteiger partial charge in [0, 0.05) is 0 Å². The number of hydrazone groups is 1. The van der Waals surface area contributed by atoms with Crippen molar-refractivity contribution in [3.05, 3.63) is 29.8 Å². The average Bonchev–Trinajstić information content (AvgIpc) is 3.13. The number of nitrogens with zero attached hydrogens (tertiary/aromatic N) is 2. The maximum atomic E-state index is 12.0. The van der Waals surface area contributed by atoms with Crippen molar-refractivity contribution >= 4 is 24.2 Å². The molecular formula is C17H22N6O4. The van der Waals surface area contributed by atoms with Gasteiger partial charge >= 0.3 is 12.1 Å². The van der Waals surface area contributed by atoms with E-state index in [1.807, 2.05) is 24.3 Å². The van der Waals surface area contributed by atoms with Crippen LogP contribution in [0, 0.1) is 0 Å². The number of fused-ring (bicyclic) bond motifs is 1. The zero-order valence-electron chi connectivity index (χ0n) is 14.9. The lowest BCUT2D eigenvalue weighted by molar-refractivity contribution is -0.121. The summed E-state index contributed by atoms with van der Waals surface area (Å²) in [6.07, 6.45) is 2.44. The Morgan fingerprint density at radius 2 is 2.04 bits per heavy atom. The van der Waals surface area contributed by atoms with Crippen molar-refractivity contribution in [2.24, 2.45) is 5.10 Å². The fourth-order valence-electron chi connectivity index (χ4n) is 2.72. The third-order valence-corrected chi connectivity index (χ3v) is 4.12. The first-order chi connectivity index (χ1) is 13.1. The third-order valence-electron chi connectivity index (χ3n) is 4.12. The predicted molar refractivity (Wildman–Crippen MR) is 97.1 cm³/mol. The molecule has 2 atom stereocenters. The zero-order valence-corrected chi connectivity index (χ0v) is 14.9. The first kappa shape index (κ1) is 18.5. The van der Waals surface area contributed by atoms with Crippen LogP contribution in [0.1, 0.15) is 25.3 Å². The molecule has 4 N–H and O–H groups in total. The molecule has 10 heteroatoms. The Hall–Kier alpha value is -3.30. The van der Waals surface area contributed by atoms with Crippen LogP contribution in [-0.2, 0) is 4.79 Å². The SMILES string of the molecule is CCCCOc1ccc(/C=N\NC(=O)CN2C(=O)N[C@H]3NC(=O)N[C@H]32)cc1. The molecule has 0 saturated carbocycles. The van der Waals surface area contributed by atoms with Gasteiger partial charge in [0.05, 0.1) is 12.8 Å². The molecule has 1 aromatic rings. The zero-order chi connectivity index (χ0) is 19.2. The predicted octanol–water partition coefficient (Wildman–Crippen LogP) is 0.306.